The molecule has 1 aromatic heterocycles. The van der Waals surface area contributed by atoms with Crippen LogP contribution < -0.4 is 10.6 Å². The highest BCUT2D eigenvalue weighted by molar-refractivity contribution is 14.0. The van der Waals surface area contributed by atoms with Crippen LogP contribution >= 0.6 is 24.0 Å². The minimum Gasteiger partial charge on any atom is -0.469 e. The highest BCUT2D eigenvalue weighted by Gasteiger charge is 2.31. The molecule has 0 bridgehead atoms. The lowest BCUT2D eigenvalue weighted by atomic mass is 10.2. The van der Waals surface area contributed by atoms with E-state index < -0.39 is 10.0 Å². The number of aliphatic imine (C=N–C) groups is 1. The largest absolute Gasteiger partial charge is 0.469 e. The minimum absolute atomic E-state index is 0. The number of hydrogen-bond donors (Lipinski definition) is 2. The van der Waals surface area contributed by atoms with E-state index in [-0.39, 0.29) is 30.0 Å². The minimum atomic E-state index is -3.18. The Bertz CT molecular complexity index is 667. The maximum absolute atomic E-state index is 11.9. The van der Waals surface area contributed by atoms with E-state index in [1.54, 1.807) is 10.6 Å². The predicted molar refractivity (Wildman–Crippen MR) is 122 cm³/mol. The van der Waals surface area contributed by atoms with Crippen molar-refractivity contribution in [2.24, 2.45) is 4.99 Å². The van der Waals surface area contributed by atoms with Gasteiger partial charge < -0.3 is 19.8 Å². The maximum atomic E-state index is 11.9. The Hall–Kier alpha value is -0.850. The van der Waals surface area contributed by atoms with Gasteiger partial charge in [0.15, 0.2) is 5.96 Å². The molecule has 28 heavy (non-hydrogen) atoms. The Labute approximate surface area is 185 Å². The molecule has 10 heteroatoms. The van der Waals surface area contributed by atoms with E-state index in [1.807, 2.05) is 19.1 Å². The van der Waals surface area contributed by atoms with Crippen molar-refractivity contribution in [3.63, 3.8) is 0 Å². The number of guanidine groups is 1. The molecule has 1 atom stereocenters. The number of rotatable bonds is 11. The predicted octanol–water partition coefficient (Wildman–Crippen LogP) is 1.83. The zero-order chi connectivity index (χ0) is 19.5. The summed E-state index contributed by atoms with van der Waals surface area (Å²) in [6.07, 6.45) is 6.30. The summed E-state index contributed by atoms with van der Waals surface area (Å²) in [7, 11) is -3.18. The molecule has 0 spiro atoms. The first-order valence-corrected chi connectivity index (χ1v) is 11.4. The number of ether oxygens (including phenoxy) is 1. The molecule has 1 aliphatic heterocycles. The third-order valence-electron chi connectivity index (χ3n) is 4.42. The van der Waals surface area contributed by atoms with E-state index in [9.17, 15) is 8.42 Å². The molecule has 1 fully saturated rings. The Morgan fingerprint density at radius 3 is 2.86 bits per heavy atom. The normalized spacial score (nSPS) is 18.1. The first kappa shape index (κ1) is 25.2. The lowest BCUT2D eigenvalue weighted by Crippen LogP contribution is -2.41. The number of furan rings is 1. The molecule has 0 aliphatic carbocycles. The molecule has 0 saturated carbocycles. The van der Waals surface area contributed by atoms with E-state index in [0.29, 0.717) is 38.8 Å². The van der Waals surface area contributed by atoms with Crippen LogP contribution in [-0.4, -0.2) is 70.4 Å². The van der Waals surface area contributed by atoms with Gasteiger partial charge in [0.1, 0.15) is 5.76 Å². The van der Waals surface area contributed by atoms with Crippen molar-refractivity contribution in [1.82, 2.24) is 14.9 Å². The average Bonchev–Trinajstić information content (AvgIpc) is 3.30. The third-order valence-corrected chi connectivity index (χ3v) is 5.75. The monoisotopic (exact) mass is 528 g/mol. The van der Waals surface area contributed by atoms with Gasteiger partial charge in [0.25, 0.3) is 0 Å². The summed E-state index contributed by atoms with van der Waals surface area (Å²) in [5.41, 5.74) is 0. The summed E-state index contributed by atoms with van der Waals surface area (Å²) < 4.78 is 36.0. The molecule has 2 heterocycles. The second-order valence-corrected chi connectivity index (χ2v) is 8.53. The second kappa shape index (κ2) is 13.4. The zero-order valence-electron chi connectivity index (χ0n) is 16.7. The van der Waals surface area contributed by atoms with Crippen LogP contribution in [0.4, 0.5) is 0 Å². The Morgan fingerprint density at radius 1 is 1.39 bits per heavy atom. The van der Waals surface area contributed by atoms with E-state index >= 15 is 0 Å². The summed E-state index contributed by atoms with van der Waals surface area (Å²) in [6, 6.07) is 3.75. The van der Waals surface area contributed by atoms with Crippen LogP contribution in [0.3, 0.4) is 0 Å². The van der Waals surface area contributed by atoms with Crippen molar-refractivity contribution in [2.45, 2.75) is 38.6 Å². The fourth-order valence-corrected chi connectivity index (χ4v) is 4.26. The SMILES string of the molecule is CCOCCCNC(=NC[C@H]1CCCN1S(C)(=O)=O)NCCc1ccco1.I. The van der Waals surface area contributed by atoms with E-state index in [4.69, 9.17) is 9.15 Å². The van der Waals surface area contributed by atoms with Gasteiger partial charge in [-0.05, 0) is 38.3 Å². The van der Waals surface area contributed by atoms with Crippen LogP contribution in [0.25, 0.3) is 0 Å². The van der Waals surface area contributed by atoms with Gasteiger partial charge >= 0.3 is 0 Å². The lowest BCUT2D eigenvalue weighted by Gasteiger charge is -2.21. The summed E-state index contributed by atoms with van der Waals surface area (Å²) >= 11 is 0. The van der Waals surface area contributed by atoms with Gasteiger partial charge in [0.05, 0.1) is 19.1 Å². The topological polar surface area (TPSA) is 96.2 Å². The second-order valence-electron chi connectivity index (χ2n) is 6.59. The highest BCUT2D eigenvalue weighted by Crippen LogP contribution is 2.20. The van der Waals surface area contributed by atoms with Crippen molar-refractivity contribution in [3.8, 4) is 0 Å². The van der Waals surface area contributed by atoms with Gasteiger partial charge in [-0.2, -0.15) is 4.31 Å². The standard InChI is InChI=1S/C18H32N4O4S.HI/c1-3-25-13-6-10-19-18(20-11-9-17-8-5-14-26-17)21-15-16-7-4-12-22(16)27(2,23)24;/h5,8,14,16H,3-4,6-7,9-13,15H2,1-2H3,(H2,19,20,21);1H/t16-;/m1./s1. The van der Waals surface area contributed by atoms with Crippen molar-refractivity contribution < 1.29 is 17.6 Å². The van der Waals surface area contributed by atoms with Crippen molar-refractivity contribution in [2.75, 3.05) is 45.6 Å². The molecule has 1 aromatic rings. The molecule has 0 radical (unpaired) electrons. The molecule has 0 unspecified atom stereocenters. The van der Waals surface area contributed by atoms with E-state index in [0.717, 1.165) is 38.0 Å². The smallest absolute Gasteiger partial charge is 0.211 e. The first-order valence-electron chi connectivity index (χ1n) is 9.60. The van der Waals surface area contributed by atoms with E-state index in [1.165, 1.54) is 6.26 Å². The summed E-state index contributed by atoms with van der Waals surface area (Å²) in [4.78, 5) is 4.62. The third kappa shape index (κ3) is 9.10. The van der Waals surface area contributed by atoms with Crippen LogP contribution in [-0.2, 0) is 21.2 Å². The lowest BCUT2D eigenvalue weighted by molar-refractivity contribution is 0.145. The van der Waals surface area contributed by atoms with Gasteiger partial charge in [-0.15, -0.1) is 24.0 Å². The molecule has 162 valence electrons. The van der Waals surface area contributed by atoms with Crippen molar-refractivity contribution >= 4 is 40.0 Å². The summed E-state index contributed by atoms with van der Waals surface area (Å²) in [5.74, 6) is 1.61. The molecule has 1 saturated heterocycles. The molecular formula is C18H33IN4O4S. The summed E-state index contributed by atoms with van der Waals surface area (Å²) in [6.45, 7) is 5.86. The molecule has 2 N–H and O–H groups in total. The van der Waals surface area contributed by atoms with Gasteiger partial charge in [-0.25, -0.2) is 8.42 Å². The first-order chi connectivity index (χ1) is 13.0. The van der Waals surface area contributed by atoms with Crippen LogP contribution in [0.5, 0.6) is 0 Å². The number of hydrogen-bond acceptors (Lipinski definition) is 5. The van der Waals surface area contributed by atoms with Crippen LogP contribution in [0.15, 0.2) is 27.8 Å². The maximum Gasteiger partial charge on any atom is 0.211 e. The van der Waals surface area contributed by atoms with Gasteiger partial charge in [0, 0.05) is 45.3 Å². The molecule has 1 aliphatic rings. The quantitative estimate of drug-likeness (QED) is 0.197. The summed E-state index contributed by atoms with van der Waals surface area (Å²) in [5, 5.41) is 6.59. The van der Waals surface area contributed by atoms with Gasteiger partial charge in [-0.3, -0.25) is 4.99 Å². The van der Waals surface area contributed by atoms with Gasteiger partial charge in [0.2, 0.25) is 10.0 Å². The molecular weight excluding hydrogens is 495 g/mol. The van der Waals surface area contributed by atoms with Crippen LogP contribution in [0, 0.1) is 0 Å². The van der Waals surface area contributed by atoms with Crippen LogP contribution in [0.2, 0.25) is 0 Å². The number of sulfonamides is 1. The fraction of sp³-hybridized carbons (Fsp3) is 0.722. The number of nitrogens with zero attached hydrogens (tertiary/aromatic N) is 2. The number of nitrogens with one attached hydrogen (secondary N) is 2. The molecule has 2 rings (SSSR count). The number of halogens is 1. The Kier molecular flexibility index (Phi) is 12.0. The Balaban J connectivity index is 0.00000392. The molecule has 8 nitrogen and oxygen atoms in total. The van der Waals surface area contributed by atoms with Crippen LogP contribution in [0.1, 0.15) is 31.9 Å². The highest BCUT2D eigenvalue weighted by atomic mass is 127. The molecule has 0 aromatic carbocycles. The van der Waals surface area contributed by atoms with Crippen molar-refractivity contribution in [3.05, 3.63) is 24.2 Å². The van der Waals surface area contributed by atoms with E-state index in [2.05, 4.69) is 15.6 Å². The van der Waals surface area contributed by atoms with Crippen molar-refractivity contribution in [1.29, 1.82) is 0 Å². The molecule has 0 amide bonds. The van der Waals surface area contributed by atoms with Gasteiger partial charge in [-0.1, -0.05) is 0 Å². The Morgan fingerprint density at radius 2 is 2.18 bits per heavy atom. The fourth-order valence-electron chi connectivity index (χ4n) is 3.08. The average molecular weight is 528 g/mol. The zero-order valence-corrected chi connectivity index (χ0v) is 19.9.